The van der Waals surface area contributed by atoms with Gasteiger partial charge in [0.15, 0.2) is 0 Å². The van der Waals surface area contributed by atoms with Crippen molar-refractivity contribution in [3.05, 3.63) is 24.3 Å². The monoisotopic (exact) mass is 351 g/mol. The van der Waals surface area contributed by atoms with Crippen molar-refractivity contribution in [2.45, 2.75) is 38.4 Å². The van der Waals surface area contributed by atoms with E-state index in [1.54, 1.807) is 7.11 Å². The Hall–Kier alpha value is -1.03. The molecule has 3 atom stereocenters. The van der Waals surface area contributed by atoms with Crippen molar-refractivity contribution < 1.29 is 9.53 Å². The zero-order valence-electron chi connectivity index (χ0n) is 13.0. The first-order valence-electron chi connectivity index (χ1n) is 7.39. The number of methoxy groups -OCH3 is 1. The fraction of sp³-hybridized carbons (Fsp3) is 0.588. The van der Waals surface area contributed by atoms with Gasteiger partial charge in [0.1, 0.15) is 5.75 Å². The second-order valence-corrected chi connectivity index (χ2v) is 7.97. The van der Waals surface area contributed by atoms with Crippen LogP contribution in [0.3, 0.4) is 0 Å². The van der Waals surface area contributed by atoms with Crippen LogP contribution in [0.2, 0.25) is 0 Å². The number of hydrogen-bond acceptors (Lipinski definition) is 2. The SMILES string of the molecule is COc1ccc(NC(=O)C23CCC(C)(C2Br)C3(C)C)cc1. The van der Waals surface area contributed by atoms with Crippen LogP contribution in [0, 0.1) is 16.2 Å². The Morgan fingerprint density at radius 1 is 1.24 bits per heavy atom. The second-order valence-electron chi connectivity index (χ2n) is 7.06. The molecule has 0 saturated heterocycles. The predicted octanol–water partition coefficient (Wildman–Crippen LogP) is 4.22. The average Bonchev–Trinajstić information content (AvgIpc) is 2.87. The Labute approximate surface area is 134 Å². The minimum Gasteiger partial charge on any atom is -0.497 e. The average molecular weight is 352 g/mol. The van der Waals surface area contributed by atoms with Crippen molar-refractivity contribution in [3.63, 3.8) is 0 Å². The fourth-order valence-electron chi connectivity index (χ4n) is 4.37. The van der Waals surface area contributed by atoms with Crippen LogP contribution in [-0.4, -0.2) is 17.8 Å². The van der Waals surface area contributed by atoms with Gasteiger partial charge in [-0.05, 0) is 47.9 Å². The molecule has 114 valence electrons. The van der Waals surface area contributed by atoms with Crippen molar-refractivity contribution in [1.29, 1.82) is 0 Å². The number of fused-ring (bicyclic) bond motifs is 1. The molecule has 0 aliphatic heterocycles. The molecular weight excluding hydrogens is 330 g/mol. The molecule has 1 amide bonds. The number of hydrogen-bond donors (Lipinski definition) is 1. The molecule has 1 N–H and O–H groups in total. The van der Waals surface area contributed by atoms with Crippen molar-refractivity contribution in [2.75, 3.05) is 12.4 Å². The van der Waals surface area contributed by atoms with Crippen LogP contribution >= 0.6 is 15.9 Å². The summed E-state index contributed by atoms with van der Waals surface area (Å²) in [6, 6.07) is 7.50. The summed E-state index contributed by atoms with van der Waals surface area (Å²) < 4.78 is 5.14. The number of carbonyl (C=O) groups is 1. The predicted molar refractivity (Wildman–Crippen MR) is 87.9 cm³/mol. The Kier molecular flexibility index (Phi) is 3.18. The summed E-state index contributed by atoms with van der Waals surface area (Å²) in [5, 5.41) is 3.09. The molecule has 1 aromatic rings. The molecule has 2 bridgehead atoms. The van der Waals surface area contributed by atoms with Crippen LogP contribution in [-0.2, 0) is 4.79 Å². The molecule has 3 aliphatic rings. The molecule has 0 spiro atoms. The van der Waals surface area contributed by atoms with E-state index in [4.69, 9.17) is 4.74 Å². The highest BCUT2D eigenvalue weighted by Crippen LogP contribution is 2.79. The number of nitrogens with one attached hydrogen (secondary N) is 1. The standard InChI is InChI=1S/C17H22BrNO2/c1-15(2)16(3)9-10-17(15,13(16)18)14(20)19-11-5-7-12(21-4)8-6-11/h5-8,13H,9-10H2,1-4H3,(H,19,20). The third kappa shape index (κ3) is 1.63. The maximum Gasteiger partial charge on any atom is 0.232 e. The molecule has 21 heavy (non-hydrogen) atoms. The largest absolute Gasteiger partial charge is 0.497 e. The summed E-state index contributed by atoms with van der Waals surface area (Å²) in [4.78, 5) is 13.2. The number of alkyl halides is 1. The number of amides is 1. The lowest BCUT2D eigenvalue weighted by Gasteiger charge is -2.64. The van der Waals surface area contributed by atoms with E-state index >= 15 is 0 Å². The van der Waals surface area contributed by atoms with E-state index in [1.807, 2.05) is 24.3 Å². The van der Waals surface area contributed by atoms with Gasteiger partial charge in [-0.25, -0.2) is 0 Å². The van der Waals surface area contributed by atoms with E-state index in [9.17, 15) is 4.79 Å². The van der Waals surface area contributed by atoms with Gasteiger partial charge in [-0.2, -0.15) is 0 Å². The van der Waals surface area contributed by atoms with Gasteiger partial charge in [-0.15, -0.1) is 0 Å². The summed E-state index contributed by atoms with van der Waals surface area (Å²) in [5.41, 5.74) is 0.752. The van der Waals surface area contributed by atoms with E-state index in [1.165, 1.54) is 0 Å². The van der Waals surface area contributed by atoms with Gasteiger partial charge in [-0.1, -0.05) is 36.7 Å². The van der Waals surface area contributed by atoms with E-state index < -0.39 is 0 Å². The van der Waals surface area contributed by atoms with Gasteiger partial charge < -0.3 is 10.1 Å². The van der Waals surface area contributed by atoms with Gasteiger partial charge in [-0.3, -0.25) is 4.79 Å². The molecule has 3 unspecified atom stereocenters. The second kappa shape index (κ2) is 4.48. The van der Waals surface area contributed by atoms with Crippen molar-refractivity contribution in [1.82, 2.24) is 0 Å². The zero-order valence-corrected chi connectivity index (χ0v) is 14.6. The number of ether oxygens (including phenoxy) is 1. The number of anilines is 1. The lowest BCUT2D eigenvalue weighted by Crippen LogP contribution is -2.68. The van der Waals surface area contributed by atoms with Crippen LogP contribution in [0.25, 0.3) is 0 Å². The first kappa shape index (κ1) is 14.9. The molecule has 4 heteroatoms. The highest BCUT2D eigenvalue weighted by Gasteiger charge is 2.80. The lowest BCUT2D eigenvalue weighted by molar-refractivity contribution is -0.155. The van der Waals surface area contributed by atoms with Crippen molar-refractivity contribution in [3.8, 4) is 5.75 Å². The fourth-order valence-corrected chi connectivity index (χ4v) is 6.18. The minimum atomic E-state index is -0.304. The van der Waals surface area contributed by atoms with Gasteiger partial charge in [0.2, 0.25) is 5.91 Å². The van der Waals surface area contributed by atoms with Crippen molar-refractivity contribution >= 4 is 27.5 Å². The van der Waals surface area contributed by atoms with Crippen LogP contribution in [0.4, 0.5) is 5.69 Å². The highest BCUT2D eigenvalue weighted by molar-refractivity contribution is 9.09. The molecule has 4 rings (SSSR count). The highest BCUT2D eigenvalue weighted by atomic mass is 79.9. The van der Waals surface area contributed by atoms with E-state index in [0.29, 0.717) is 0 Å². The van der Waals surface area contributed by atoms with E-state index in [0.717, 1.165) is 24.3 Å². The molecule has 3 nitrogen and oxygen atoms in total. The van der Waals surface area contributed by atoms with Crippen LogP contribution < -0.4 is 10.1 Å². The van der Waals surface area contributed by atoms with Crippen molar-refractivity contribution in [2.24, 2.45) is 16.2 Å². The molecule has 3 fully saturated rings. The van der Waals surface area contributed by atoms with Crippen LogP contribution in [0.5, 0.6) is 5.75 Å². The number of carbonyl (C=O) groups excluding carboxylic acids is 1. The molecule has 3 aliphatic carbocycles. The molecule has 3 saturated carbocycles. The summed E-state index contributed by atoms with van der Waals surface area (Å²) in [6.45, 7) is 6.75. The molecule has 1 aromatic carbocycles. The zero-order chi connectivity index (χ0) is 15.5. The van der Waals surface area contributed by atoms with Crippen LogP contribution in [0.15, 0.2) is 24.3 Å². The molecule has 0 aromatic heterocycles. The Morgan fingerprint density at radius 2 is 1.86 bits per heavy atom. The van der Waals surface area contributed by atoms with Gasteiger partial charge >= 0.3 is 0 Å². The van der Waals surface area contributed by atoms with Crippen LogP contribution in [0.1, 0.15) is 33.6 Å². The van der Waals surface area contributed by atoms with Gasteiger partial charge in [0, 0.05) is 10.5 Å². The minimum absolute atomic E-state index is 0.0186. The maximum atomic E-state index is 12.9. The Balaban J connectivity index is 1.83. The summed E-state index contributed by atoms with van der Waals surface area (Å²) >= 11 is 3.80. The Bertz CT molecular complexity index is 583. The lowest BCUT2D eigenvalue weighted by atomic mass is 9.43. The Morgan fingerprint density at radius 3 is 2.29 bits per heavy atom. The number of halogens is 1. The van der Waals surface area contributed by atoms with Gasteiger partial charge in [0.05, 0.1) is 12.5 Å². The number of benzene rings is 1. The van der Waals surface area contributed by atoms with E-state index in [-0.39, 0.29) is 27.0 Å². The summed E-state index contributed by atoms with van der Waals surface area (Å²) in [7, 11) is 1.64. The molecule has 0 radical (unpaired) electrons. The van der Waals surface area contributed by atoms with Gasteiger partial charge in [0.25, 0.3) is 0 Å². The molecular formula is C17H22BrNO2. The van der Waals surface area contributed by atoms with E-state index in [2.05, 4.69) is 42.0 Å². The number of rotatable bonds is 3. The third-order valence-electron chi connectivity index (χ3n) is 6.33. The normalized spacial score (nSPS) is 36.0. The topological polar surface area (TPSA) is 38.3 Å². The smallest absolute Gasteiger partial charge is 0.232 e. The first-order valence-corrected chi connectivity index (χ1v) is 8.31. The first-order chi connectivity index (χ1) is 9.79. The quantitative estimate of drug-likeness (QED) is 0.827. The third-order valence-corrected chi connectivity index (χ3v) is 8.12. The maximum absolute atomic E-state index is 12.9. The summed E-state index contributed by atoms with van der Waals surface area (Å²) in [6.07, 6.45) is 2.06. The molecule has 0 heterocycles. The summed E-state index contributed by atoms with van der Waals surface area (Å²) in [5.74, 6) is 0.927.